The maximum Gasteiger partial charge on any atom is 0.306 e. The quantitative estimate of drug-likeness (QED) is 0.0698. The Labute approximate surface area is 300 Å². The van der Waals surface area contributed by atoms with Crippen LogP contribution in [-0.2, 0) is 24.4 Å². The third kappa shape index (κ3) is 11.4. The van der Waals surface area contributed by atoms with E-state index in [0.29, 0.717) is 41.4 Å². The third-order valence-corrected chi connectivity index (χ3v) is 15.1. The first-order valence-corrected chi connectivity index (χ1v) is 22.4. The number of nitrogens with one attached hydrogen (secondary N) is 1. The number of hydrogen-bond acceptors (Lipinski definition) is 5. The van der Waals surface area contributed by atoms with E-state index in [-0.39, 0.29) is 24.5 Å². The van der Waals surface area contributed by atoms with Gasteiger partial charge in [-0.05, 0) is 117 Å². The van der Waals surface area contributed by atoms with Crippen LogP contribution in [0.2, 0.25) is 0 Å². The summed E-state index contributed by atoms with van der Waals surface area (Å²) in [6, 6.07) is 0. The van der Waals surface area contributed by atoms with E-state index in [1.54, 1.807) is 0 Å². The van der Waals surface area contributed by atoms with Crippen LogP contribution in [0.3, 0.4) is 0 Å². The summed E-state index contributed by atoms with van der Waals surface area (Å²) in [6.45, 7) is 9.68. The molecule has 9 unspecified atom stereocenters. The van der Waals surface area contributed by atoms with Crippen LogP contribution in [0.4, 0.5) is 0 Å². The Kier molecular flexibility index (Phi) is 15.8. The van der Waals surface area contributed by atoms with Crippen LogP contribution in [0.25, 0.3) is 0 Å². The standard InChI is InChI=1S/C41H73NO6S/c1-5-6-7-8-9-10-11-12-13-14-15-16-17-39(44)48-33-24-26-40(3)32(30-33)19-20-34-36-22-21-35(41(36,4)27-25-37(34)40)31(2)18-23-38(43)42-28-29-49(45,46)47/h31-37H,5-30H2,1-4H3,(H,42,43)(H,45,46,47). The number of carbonyl (C=O) groups is 2. The molecule has 0 bridgehead atoms. The minimum absolute atomic E-state index is 0.0319. The summed E-state index contributed by atoms with van der Waals surface area (Å²) < 4.78 is 36.9. The normalized spacial score (nSPS) is 33.2. The molecule has 4 aliphatic carbocycles. The van der Waals surface area contributed by atoms with Gasteiger partial charge >= 0.3 is 5.97 Å². The highest BCUT2D eigenvalue weighted by molar-refractivity contribution is 7.85. The molecule has 4 rings (SSSR count). The fraction of sp³-hybridized carbons (Fsp3) is 0.951. The van der Waals surface area contributed by atoms with E-state index >= 15 is 0 Å². The van der Waals surface area contributed by atoms with Gasteiger partial charge in [-0.1, -0.05) is 98.3 Å². The summed E-state index contributed by atoms with van der Waals surface area (Å²) in [5.74, 6) is 3.50. The molecule has 284 valence electrons. The van der Waals surface area contributed by atoms with Crippen LogP contribution < -0.4 is 5.32 Å². The first-order valence-electron chi connectivity index (χ1n) is 20.8. The molecule has 7 nitrogen and oxygen atoms in total. The van der Waals surface area contributed by atoms with Crippen LogP contribution in [0.15, 0.2) is 0 Å². The predicted octanol–water partition coefficient (Wildman–Crippen LogP) is 10.1. The summed E-state index contributed by atoms with van der Waals surface area (Å²) in [5.41, 5.74) is 0.679. The molecule has 9 atom stereocenters. The number of ether oxygens (including phenoxy) is 1. The van der Waals surface area contributed by atoms with E-state index in [1.807, 2.05) is 0 Å². The van der Waals surface area contributed by atoms with Crippen molar-refractivity contribution in [1.29, 1.82) is 0 Å². The topological polar surface area (TPSA) is 110 Å². The number of fused-ring (bicyclic) bond motifs is 5. The predicted molar refractivity (Wildman–Crippen MR) is 199 cm³/mol. The SMILES string of the molecule is CCCCCCCCCCCCCCC(=O)OC1CCC2(C)C(CCC3C2CCC2(C)C(C(C)CCC(=O)NCCS(=O)(=O)O)CCC32)C1. The van der Waals surface area contributed by atoms with Gasteiger partial charge in [0.1, 0.15) is 6.10 Å². The van der Waals surface area contributed by atoms with Crippen LogP contribution in [0.5, 0.6) is 0 Å². The van der Waals surface area contributed by atoms with Crippen molar-refractivity contribution in [3.8, 4) is 0 Å². The van der Waals surface area contributed by atoms with Gasteiger partial charge in [-0.15, -0.1) is 0 Å². The van der Waals surface area contributed by atoms with Crippen molar-refractivity contribution in [2.75, 3.05) is 12.3 Å². The zero-order valence-electron chi connectivity index (χ0n) is 31.8. The van der Waals surface area contributed by atoms with Crippen LogP contribution in [0.1, 0.15) is 182 Å². The van der Waals surface area contributed by atoms with Crippen molar-refractivity contribution in [2.45, 2.75) is 188 Å². The lowest BCUT2D eigenvalue weighted by molar-refractivity contribution is -0.162. The second kappa shape index (κ2) is 19.1. The highest BCUT2D eigenvalue weighted by Crippen LogP contribution is 2.68. The van der Waals surface area contributed by atoms with Crippen molar-refractivity contribution < 1.29 is 27.3 Å². The second-order valence-corrected chi connectivity index (χ2v) is 19.1. The largest absolute Gasteiger partial charge is 0.462 e. The molecule has 0 aliphatic heterocycles. The van der Waals surface area contributed by atoms with Gasteiger partial charge in [0.15, 0.2) is 0 Å². The van der Waals surface area contributed by atoms with Gasteiger partial charge in [0.05, 0.1) is 5.75 Å². The molecule has 0 heterocycles. The Morgan fingerprint density at radius 1 is 0.796 bits per heavy atom. The monoisotopic (exact) mass is 708 g/mol. The molecule has 8 heteroatoms. The molecule has 0 aromatic rings. The van der Waals surface area contributed by atoms with Gasteiger partial charge in [-0.3, -0.25) is 14.1 Å². The minimum atomic E-state index is -4.06. The van der Waals surface area contributed by atoms with Gasteiger partial charge in [0.2, 0.25) is 5.91 Å². The van der Waals surface area contributed by atoms with Gasteiger partial charge in [-0.25, -0.2) is 0 Å². The van der Waals surface area contributed by atoms with Gasteiger partial charge < -0.3 is 10.1 Å². The molecule has 0 aromatic heterocycles. The lowest BCUT2D eigenvalue weighted by atomic mass is 9.44. The van der Waals surface area contributed by atoms with Crippen molar-refractivity contribution in [1.82, 2.24) is 5.32 Å². The van der Waals surface area contributed by atoms with E-state index in [0.717, 1.165) is 49.9 Å². The Morgan fingerprint density at radius 3 is 2.06 bits per heavy atom. The number of carbonyl (C=O) groups excluding carboxylic acids is 2. The third-order valence-electron chi connectivity index (χ3n) is 14.4. The van der Waals surface area contributed by atoms with Crippen molar-refractivity contribution in [3.05, 3.63) is 0 Å². The summed E-state index contributed by atoms with van der Waals surface area (Å²) in [4.78, 5) is 25.2. The molecule has 0 saturated heterocycles. The highest BCUT2D eigenvalue weighted by atomic mass is 32.2. The molecule has 49 heavy (non-hydrogen) atoms. The first kappa shape index (κ1) is 40.6. The fourth-order valence-electron chi connectivity index (χ4n) is 11.6. The lowest BCUT2D eigenvalue weighted by Gasteiger charge is -2.61. The van der Waals surface area contributed by atoms with E-state index in [1.165, 1.54) is 109 Å². The molecule has 4 aliphatic rings. The molecule has 0 aromatic carbocycles. The molecular weight excluding hydrogens is 635 g/mol. The Morgan fingerprint density at radius 2 is 1.41 bits per heavy atom. The van der Waals surface area contributed by atoms with Crippen molar-refractivity contribution in [2.24, 2.45) is 46.3 Å². The first-order chi connectivity index (χ1) is 23.4. The molecular formula is C41H73NO6S. The summed E-state index contributed by atoms with van der Waals surface area (Å²) in [5, 5.41) is 2.65. The van der Waals surface area contributed by atoms with Gasteiger partial charge in [0.25, 0.3) is 10.1 Å². The van der Waals surface area contributed by atoms with Gasteiger partial charge in [0, 0.05) is 19.4 Å². The zero-order chi connectivity index (χ0) is 35.5. The van der Waals surface area contributed by atoms with Gasteiger partial charge in [-0.2, -0.15) is 8.42 Å². The van der Waals surface area contributed by atoms with Crippen LogP contribution in [-0.4, -0.2) is 43.2 Å². The summed E-state index contributed by atoms with van der Waals surface area (Å²) >= 11 is 0. The van der Waals surface area contributed by atoms with E-state index in [2.05, 4.69) is 33.0 Å². The average molecular weight is 708 g/mol. The van der Waals surface area contributed by atoms with E-state index in [4.69, 9.17) is 9.29 Å². The average Bonchev–Trinajstić information content (AvgIpc) is 3.41. The van der Waals surface area contributed by atoms with Crippen molar-refractivity contribution in [3.63, 3.8) is 0 Å². The Balaban J connectivity index is 1.15. The zero-order valence-corrected chi connectivity index (χ0v) is 32.6. The van der Waals surface area contributed by atoms with E-state index in [9.17, 15) is 18.0 Å². The Bertz CT molecular complexity index is 1140. The number of hydrogen-bond donors (Lipinski definition) is 2. The van der Waals surface area contributed by atoms with Crippen molar-refractivity contribution >= 4 is 22.0 Å². The highest BCUT2D eigenvalue weighted by Gasteiger charge is 2.60. The molecule has 0 spiro atoms. The van der Waals surface area contributed by atoms with E-state index < -0.39 is 15.9 Å². The van der Waals surface area contributed by atoms with Crippen LogP contribution in [0, 0.1) is 46.3 Å². The number of amides is 1. The smallest absolute Gasteiger partial charge is 0.306 e. The Hall–Kier alpha value is -1.15. The molecule has 4 saturated carbocycles. The minimum Gasteiger partial charge on any atom is -0.462 e. The fourth-order valence-corrected chi connectivity index (χ4v) is 12.0. The molecule has 1 amide bonds. The summed E-state index contributed by atoms with van der Waals surface area (Å²) in [6.07, 6.45) is 28.5. The second-order valence-electron chi connectivity index (χ2n) is 17.6. The molecule has 0 radical (unpaired) electrons. The number of rotatable bonds is 21. The maximum absolute atomic E-state index is 12.8. The van der Waals surface area contributed by atoms with Crippen LogP contribution >= 0.6 is 0 Å². The number of esters is 1. The molecule has 4 fully saturated rings. The summed E-state index contributed by atoms with van der Waals surface area (Å²) in [7, 11) is -4.06. The lowest BCUT2D eigenvalue weighted by Crippen LogP contribution is -2.54. The molecule has 2 N–H and O–H groups in total. The number of unbranched alkanes of at least 4 members (excludes halogenated alkanes) is 11. The maximum atomic E-state index is 12.8.